The second kappa shape index (κ2) is 4.19. The summed E-state index contributed by atoms with van der Waals surface area (Å²) in [6.07, 6.45) is 0. The van der Waals surface area contributed by atoms with E-state index < -0.39 is 5.97 Å². The third-order valence-electron chi connectivity index (χ3n) is 1.64. The average molecular weight is 215 g/mol. The van der Waals surface area contributed by atoms with Crippen LogP contribution in [0, 0.1) is 0 Å². The molecular weight excluding hydrogens is 204 g/mol. The van der Waals surface area contributed by atoms with Crippen LogP contribution in [0.2, 0.25) is 5.02 Å². The van der Waals surface area contributed by atoms with Crippen molar-refractivity contribution >= 4 is 28.9 Å². The van der Waals surface area contributed by atoms with Gasteiger partial charge in [0, 0.05) is 16.4 Å². The third kappa shape index (κ3) is 2.09. The Morgan fingerprint density at radius 2 is 1.93 bits per heavy atom. The third-order valence-corrected chi connectivity index (χ3v) is 1.86. The summed E-state index contributed by atoms with van der Waals surface area (Å²) in [5.74, 6) is -0.529. The van der Waals surface area contributed by atoms with Crippen molar-refractivity contribution in [1.29, 1.82) is 0 Å². The highest BCUT2D eigenvalue weighted by Crippen LogP contribution is 2.25. The highest BCUT2D eigenvalue weighted by atomic mass is 35.5. The van der Waals surface area contributed by atoms with Crippen molar-refractivity contribution in [2.45, 2.75) is 6.92 Å². The molecule has 0 aliphatic heterocycles. The largest absolute Gasteiger partial charge is 0.462 e. The second-order valence-corrected chi connectivity index (χ2v) is 3.12. The molecular formula is C9H11ClN2O2. The van der Waals surface area contributed by atoms with Crippen molar-refractivity contribution < 1.29 is 9.53 Å². The molecule has 4 N–H and O–H groups in total. The maximum Gasteiger partial charge on any atom is 0.342 e. The molecule has 0 aliphatic carbocycles. The molecule has 0 saturated heterocycles. The first-order valence-electron chi connectivity index (χ1n) is 4.08. The van der Waals surface area contributed by atoms with Crippen LogP contribution in [0.25, 0.3) is 0 Å². The molecule has 0 atom stereocenters. The number of hydrogen-bond donors (Lipinski definition) is 2. The average Bonchev–Trinajstić information content (AvgIpc) is 2.01. The van der Waals surface area contributed by atoms with Gasteiger partial charge in [0.15, 0.2) is 0 Å². The quantitative estimate of drug-likeness (QED) is 0.580. The lowest BCUT2D eigenvalue weighted by molar-refractivity contribution is 0.0529. The van der Waals surface area contributed by atoms with Gasteiger partial charge in [0.25, 0.3) is 0 Å². The summed E-state index contributed by atoms with van der Waals surface area (Å²) >= 11 is 5.69. The Kier molecular flexibility index (Phi) is 3.19. The second-order valence-electron chi connectivity index (χ2n) is 2.68. The van der Waals surface area contributed by atoms with E-state index in [4.69, 9.17) is 27.8 Å². The van der Waals surface area contributed by atoms with Gasteiger partial charge in [-0.2, -0.15) is 0 Å². The fourth-order valence-electron chi connectivity index (χ4n) is 1.09. The Labute approximate surface area is 86.8 Å². The molecule has 0 spiro atoms. The Balaban J connectivity index is 3.14. The van der Waals surface area contributed by atoms with Gasteiger partial charge in [-0.05, 0) is 19.1 Å². The van der Waals surface area contributed by atoms with Gasteiger partial charge in [0.1, 0.15) is 5.56 Å². The van der Waals surface area contributed by atoms with Crippen LogP contribution < -0.4 is 11.5 Å². The van der Waals surface area contributed by atoms with Crippen LogP contribution in [0.1, 0.15) is 17.3 Å². The highest BCUT2D eigenvalue weighted by molar-refractivity contribution is 6.31. The summed E-state index contributed by atoms with van der Waals surface area (Å²) in [5, 5.41) is 0.396. The first kappa shape index (κ1) is 10.7. The van der Waals surface area contributed by atoms with Crippen molar-refractivity contribution in [1.82, 2.24) is 0 Å². The smallest absolute Gasteiger partial charge is 0.342 e. The van der Waals surface area contributed by atoms with Crippen molar-refractivity contribution in [3.63, 3.8) is 0 Å². The van der Waals surface area contributed by atoms with E-state index in [9.17, 15) is 4.79 Å². The number of esters is 1. The molecule has 76 valence electrons. The molecule has 0 fully saturated rings. The van der Waals surface area contributed by atoms with Gasteiger partial charge in [-0.3, -0.25) is 0 Å². The molecule has 1 aromatic rings. The molecule has 0 saturated carbocycles. The zero-order valence-corrected chi connectivity index (χ0v) is 8.47. The van der Waals surface area contributed by atoms with Gasteiger partial charge in [-0.1, -0.05) is 11.6 Å². The van der Waals surface area contributed by atoms with E-state index >= 15 is 0 Å². The Bertz CT molecular complexity index is 343. The number of hydrogen-bond acceptors (Lipinski definition) is 4. The first-order valence-corrected chi connectivity index (χ1v) is 4.45. The minimum atomic E-state index is -0.529. The molecule has 0 aliphatic rings. The molecule has 1 rings (SSSR count). The molecule has 0 bridgehead atoms. The highest BCUT2D eigenvalue weighted by Gasteiger charge is 2.15. The maximum absolute atomic E-state index is 11.4. The minimum absolute atomic E-state index is 0.177. The van der Waals surface area contributed by atoms with Crippen molar-refractivity contribution in [3.05, 3.63) is 22.7 Å². The van der Waals surface area contributed by atoms with E-state index in [-0.39, 0.29) is 23.5 Å². The topological polar surface area (TPSA) is 78.3 Å². The van der Waals surface area contributed by atoms with Crippen molar-refractivity contribution in [2.75, 3.05) is 18.1 Å². The number of rotatable bonds is 2. The normalized spacial score (nSPS) is 9.86. The molecule has 0 unspecified atom stereocenters. The summed E-state index contributed by atoms with van der Waals surface area (Å²) in [6.45, 7) is 1.99. The molecule has 14 heavy (non-hydrogen) atoms. The fraction of sp³-hybridized carbons (Fsp3) is 0.222. The summed E-state index contributed by atoms with van der Waals surface area (Å²) < 4.78 is 4.79. The predicted octanol–water partition coefficient (Wildman–Crippen LogP) is 1.68. The van der Waals surface area contributed by atoms with Crippen LogP contribution >= 0.6 is 11.6 Å². The zero-order valence-electron chi connectivity index (χ0n) is 7.71. The van der Waals surface area contributed by atoms with E-state index in [2.05, 4.69) is 0 Å². The van der Waals surface area contributed by atoms with E-state index in [0.717, 1.165) is 0 Å². The number of carbonyl (C=O) groups is 1. The fourth-order valence-corrected chi connectivity index (χ4v) is 1.32. The number of anilines is 2. The number of nitrogen functional groups attached to an aromatic ring is 2. The molecule has 0 heterocycles. The van der Waals surface area contributed by atoms with Gasteiger partial charge in [-0.25, -0.2) is 4.79 Å². The van der Waals surface area contributed by atoms with Crippen LogP contribution in [0.15, 0.2) is 12.1 Å². The zero-order chi connectivity index (χ0) is 10.7. The summed E-state index contributed by atoms with van der Waals surface area (Å²) in [7, 11) is 0. The minimum Gasteiger partial charge on any atom is -0.462 e. The van der Waals surface area contributed by atoms with Crippen LogP contribution in [0.3, 0.4) is 0 Å². The van der Waals surface area contributed by atoms with Crippen molar-refractivity contribution in [2.24, 2.45) is 0 Å². The Hall–Kier alpha value is -1.42. The first-order chi connectivity index (χ1) is 6.56. The van der Waals surface area contributed by atoms with Gasteiger partial charge >= 0.3 is 5.97 Å². The SMILES string of the molecule is CCOC(=O)c1c(N)cc(Cl)cc1N. The Morgan fingerprint density at radius 3 is 2.36 bits per heavy atom. The summed E-state index contributed by atoms with van der Waals surface area (Å²) in [4.78, 5) is 11.4. The van der Waals surface area contributed by atoms with Crippen molar-refractivity contribution in [3.8, 4) is 0 Å². The van der Waals surface area contributed by atoms with Crippen LogP contribution in [0.5, 0.6) is 0 Å². The van der Waals surface area contributed by atoms with Gasteiger partial charge in [0.05, 0.1) is 6.61 Å². The van der Waals surface area contributed by atoms with Gasteiger partial charge in [-0.15, -0.1) is 0 Å². The van der Waals surface area contributed by atoms with Gasteiger partial charge < -0.3 is 16.2 Å². The molecule has 0 radical (unpaired) electrons. The molecule has 5 heteroatoms. The van der Waals surface area contributed by atoms with Crippen LogP contribution in [-0.4, -0.2) is 12.6 Å². The summed E-state index contributed by atoms with van der Waals surface area (Å²) in [6, 6.07) is 2.92. The lowest BCUT2D eigenvalue weighted by Gasteiger charge is -2.08. The Morgan fingerprint density at radius 1 is 1.43 bits per heavy atom. The number of halogens is 1. The molecule has 0 aromatic heterocycles. The number of benzene rings is 1. The summed E-state index contributed by atoms with van der Waals surface area (Å²) in [5.41, 5.74) is 11.8. The van der Waals surface area contributed by atoms with E-state index in [1.165, 1.54) is 12.1 Å². The lowest BCUT2D eigenvalue weighted by Crippen LogP contribution is -2.11. The van der Waals surface area contributed by atoms with E-state index in [1.807, 2.05) is 0 Å². The molecule has 4 nitrogen and oxygen atoms in total. The van der Waals surface area contributed by atoms with E-state index in [0.29, 0.717) is 5.02 Å². The standard InChI is InChI=1S/C9H11ClN2O2/c1-2-14-9(13)8-6(11)3-5(10)4-7(8)12/h3-4H,2,11-12H2,1H3. The number of carbonyl (C=O) groups excluding carboxylic acids is 1. The molecule has 0 amide bonds. The predicted molar refractivity (Wildman–Crippen MR) is 56.2 cm³/mol. The maximum atomic E-state index is 11.4. The van der Waals surface area contributed by atoms with Gasteiger partial charge in [0.2, 0.25) is 0 Å². The monoisotopic (exact) mass is 214 g/mol. The van der Waals surface area contributed by atoms with E-state index in [1.54, 1.807) is 6.92 Å². The number of nitrogens with two attached hydrogens (primary N) is 2. The lowest BCUT2D eigenvalue weighted by atomic mass is 10.1. The molecule has 1 aromatic carbocycles. The number of ether oxygens (including phenoxy) is 1. The van der Waals surface area contributed by atoms with Crippen LogP contribution in [-0.2, 0) is 4.74 Å². The van der Waals surface area contributed by atoms with Crippen LogP contribution in [0.4, 0.5) is 11.4 Å².